The predicted octanol–water partition coefficient (Wildman–Crippen LogP) is 0.0948. The van der Waals surface area contributed by atoms with Gasteiger partial charge in [0, 0.05) is 13.0 Å². The van der Waals surface area contributed by atoms with Crippen molar-refractivity contribution >= 4 is 11.9 Å². The summed E-state index contributed by atoms with van der Waals surface area (Å²) in [5, 5.41) is 11.2. The van der Waals surface area contributed by atoms with Gasteiger partial charge in [0.1, 0.15) is 6.04 Å². The molecule has 0 saturated carbocycles. The van der Waals surface area contributed by atoms with Gasteiger partial charge in [0.2, 0.25) is 5.91 Å². The Labute approximate surface area is 83.7 Å². The summed E-state index contributed by atoms with van der Waals surface area (Å²) in [6.45, 7) is 2.43. The van der Waals surface area contributed by atoms with Crippen LogP contribution < -0.4 is 11.1 Å². The van der Waals surface area contributed by atoms with Crippen LogP contribution in [0.15, 0.2) is 0 Å². The van der Waals surface area contributed by atoms with E-state index in [0.717, 1.165) is 6.42 Å². The van der Waals surface area contributed by atoms with Crippen LogP contribution >= 0.6 is 0 Å². The number of hydrogen-bond acceptors (Lipinski definition) is 3. The normalized spacial score (nSPS) is 12.1. The molecule has 0 aliphatic heterocycles. The van der Waals surface area contributed by atoms with Gasteiger partial charge in [0.25, 0.3) is 0 Å². The number of amides is 1. The third-order valence-corrected chi connectivity index (χ3v) is 1.81. The minimum absolute atomic E-state index is 0.0106. The highest BCUT2D eigenvalue weighted by molar-refractivity contribution is 5.75. The Hall–Kier alpha value is -1.10. The van der Waals surface area contributed by atoms with Gasteiger partial charge in [-0.05, 0) is 19.3 Å². The maximum Gasteiger partial charge on any atom is 0.320 e. The predicted molar refractivity (Wildman–Crippen MR) is 52.8 cm³/mol. The van der Waals surface area contributed by atoms with Crippen molar-refractivity contribution in [1.82, 2.24) is 5.32 Å². The van der Waals surface area contributed by atoms with Crippen molar-refractivity contribution in [3.8, 4) is 0 Å². The van der Waals surface area contributed by atoms with Crippen molar-refractivity contribution in [2.45, 2.75) is 38.6 Å². The lowest BCUT2D eigenvalue weighted by Gasteiger charge is -2.06. The molecule has 0 aliphatic carbocycles. The lowest BCUT2D eigenvalue weighted by atomic mass is 10.2. The number of rotatable bonds is 7. The Morgan fingerprint density at radius 1 is 1.50 bits per heavy atom. The second kappa shape index (κ2) is 7.32. The molecule has 5 heteroatoms. The van der Waals surface area contributed by atoms with Crippen LogP contribution in [-0.2, 0) is 9.59 Å². The van der Waals surface area contributed by atoms with Gasteiger partial charge in [0.15, 0.2) is 0 Å². The molecule has 0 radical (unpaired) electrons. The SMILES string of the molecule is CCCC(=O)NCCC[C@H](N)C(=O)O. The van der Waals surface area contributed by atoms with Gasteiger partial charge in [-0.1, -0.05) is 6.92 Å². The molecule has 14 heavy (non-hydrogen) atoms. The zero-order chi connectivity index (χ0) is 11.0. The van der Waals surface area contributed by atoms with E-state index in [4.69, 9.17) is 10.8 Å². The van der Waals surface area contributed by atoms with Crippen LogP contribution in [0.4, 0.5) is 0 Å². The molecule has 0 rings (SSSR count). The minimum atomic E-state index is -0.995. The first-order valence-electron chi connectivity index (χ1n) is 4.83. The van der Waals surface area contributed by atoms with Crippen molar-refractivity contribution in [3.05, 3.63) is 0 Å². The number of carbonyl (C=O) groups is 2. The van der Waals surface area contributed by atoms with Crippen LogP contribution in [0.25, 0.3) is 0 Å². The smallest absolute Gasteiger partial charge is 0.320 e. The third-order valence-electron chi connectivity index (χ3n) is 1.81. The van der Waals surface area contributed by atoms with Crippen molar-refractivity contribution < 1.29 is 14.7 Å². The number of nitrogens with one attached hydrogen (secondary N) is 1. The van der Waals surface area contributed by atoms with Gasteiger partial charge in [-0.3, -0.25) is 9.59 Å². The Bertz CT molecular complexity index is 194. The second-order valence-electron chi connectivity index (χ2n) is 3.19. The molecule has 0 aromatic heterocycles. The van der Waals surface area contributed by atoms with Crippen LogP contribution in [0.3, 0.4) is 0 Å². The number of nitrogens with two attached hydrogens (primary N) is 1. The highest BCUT2D eigenvalue weighted by atomic mass is 16.4. The molecular weight excluding hydrogens is 184 g/mol. The molecule has 1 atom stereocenters. The summed E-state index contributed by atoms with van der Waals surface area (Å²) < 4.78 is 0. The average molecular weight is 202 g/mol. The molecule has 0 saturated heterocycles. The Morgan fingerprint density at radius 3 is 2.64 bits per heavy atom. The quantitative estimate of drug-likeness (QED) is 0.510. The highest BCUT2D eigenvalue weighted by Gasteiger charge is 2.10. The molecule has 0 aromatic carbocycles. The van der Waals surface area contributed by atoms with Crippen molar-refractivity contribution in [3.63, 3.8) is 0 Å². The van der Waals surface area contributed by atoms with Gasteiger partial charge < -0.3 is 16.2 Å². The first-order valence-corrected chi connectivity index (χ1v) is 4.83. The zero-order valence-electron chi connectivity index (χ0n) is 8.45. The van der Waals surface area contributed by atoms with E-state index in [-0.39, 0.29) is 5.91 Å². The molecule has 0 fully saturated rings. The molecule has 5 nitrogen and oxygen atoms in total. The summed E-state index contributed by atoms with van der Waals surface area (Å²) in [4.78, 5) is 21.3. The topological polar surface area (TPSA) is 92.4 Å². The van der Waals surface area contributed by atoms with Gasteiger partial charge in [-0.25, -0.2) is 0 Å². The maximum absolute atomic E-state index is 11.0. The van der Waals surface area contributed by atoms with Crippen LogP contribution in [0.1, 0.15) is 32.6 Å². The third kappa shape index (κ3) is 6.42. The molecule has 1 amide bonds. The van der Waals surface area contributed by atoms with Crippen LogP contribution in [-0.4, -0.2) is 29.6 Å². The molecule has 0 aromatic rings. The first kappa shape index (κ1) is 12.9. The van der Waals surface area contributed by atoms with E-state index in [1.165, 1.54) is 0 Å². The zero-order valence-corrected chi connectivity index (χ0v) is 8.45. The lowest BCUT2D eigenvalue weighted by molar-refractivity contribution is -0.138. The van der Waals surface area contributed by atoms with E-state index >= 15 is 0 Å². The van der Waals surface area contributed by atoms with Gasteiger partial charge >= 0.3 is 5.97 Å². The van der Waals surface area contributed by atoms with Crippen molar-refractivity contribution in [2.75, 3.05) is 6.54 Å². The standard InChI is InChI=1S/C9H18N2O3/c1-2-4-8(12)11-6-3-5-7(10)9(13)14/h7H,2-6,10H2,1H3,(H,11,12)(H,13,14)/t7-/m0/s1. The minimum Gasteiger partial charge on any atom is -0.480 e. The molecular formula is C9H18N2O3. The largest absolute Gasteiger partial charge is 0.480 e. The summed E-state index contributed by atoms with van der Waals surface area (Å²) >= 11 is 0. The Morgan fingerprint density at radius 2 is 2.14 bits per heavy atom. The molecule has 82 valence electrons. The summed E-state index contributed by atoms with van der Waals surface area (Å²) in [5.41, 5.74) is 5.28. The van der Waals surface area contributed by atoms with Crippen molar-refractivity contribution in [1.29, 1.82) is 0 Å². The summed E-state index contributed by atoms with van der Waals surface area (Å²) in [6, 6.07) is -0.821. The fraction of sp³-hybridized carbons (Fsp3) is 0.778. The van der Waals surface area contributed by atoms with E-state index in [9.17, 15) is 9.59 Å². The van der Waals surface area contributed by atoms with E-state index in [1.54, 1.807) is 0 Å². The molecule has 0 heterocycles. The van der Waals surface area contributed by atoms with Crippen LogP contribution in [0, 0.1) is 0 Å². The van der Waals surface area contributed by atoms with E-state index < -0.39 is 12.0 Å². The van der Waals surface area contributed by atoms with Crippen LogP contribution in [0.2, 0.25) is 0 Å². The molecule has 0 bridgehead atoms. The fourth-order valence-corrected chi connectivity index (χ4v) is 0.989. The monoisotopic (exact) mass is 202 g/mol. The van der Waals surface area contributed by atoms with E-state index in [0.29, 0.717) is 25.8 Å². The maximum atomic E-state index is 11.0. The van der Waals surface area contributed by atoms with E-state index in [2.05, 4.69) is 5.32 Å². The Balaban J connectivity index is 3.37. The number of carboxylic acid groups (broad SMARTS) is 1. The number of carboxylic acids is 1. The number of aliphatic carboxylic acids is 1. The molecule has 0 spiro atoms. The summed E-state index contributed by atoms with van der Waals surface area (Å²) in [5.74, 6) is -0.985. The fourth-order valence-electron chi connectivity index (χ4n) is 0.989. The average Bonchev–Trinajstić information content (AvgIpc) is 2.12. The van der Waals surface area contributed by atoms with Crippen molar-refractivity contribution in [2.24, 2.45) is 5.73 Å². The van der Waals surface area contributed by atoms with Gasteiger partial charge in [-0.15, -0.1) is 0 Å². The number of hydrogen-bond donors (Lipinski definition) is 3. The number of carbonyl (C=O) groups excluding carboxylic acids is 1. The van der Waals surface area contributed by atoms with Gasteiger partial charge in [-0.2, -0.15) is 0 Å². The van der Waals surface area contributed by atoms with Crippen LogP contribution in [0.5, 0.6) is 0 Å². The molecule has 0 unspecified atom stereocenters. The second-order valence-corrected chi connectivity index (χ2v) is 3.19. The Kier molecular flexibility index (Phi) is 6.74. The molecule has 4 N–H and O–H groups in total. The van der Waals surface area contributed by atoms with E-state index in [1.807, 2.05) is 6.92 Å². The van der Waals surface area contributed by atoms with Gasteiger partial charge in [0.05, 0.1) is 0 Å². The summed E-state index contributed by atoms with van der Waals surface area (Å²) in [6.07, 6.45) is 2.33. The highest BCUT2D eigenvalue weighted by Crippen LogP contribution is 1.93. The first-order chi connectivity index (χ1) is 6.57. The lowest BCUT2D eigenvalue weighted by Crippen LogP contribution is -2.31. The summed E-state index contributed by atoms with van der Waals surface area (Å²) in [7, 11) is 0. The molecule has 0 aliphatic rings.